The number of hydrogen-bond donors (Lipinski definition) is 1. The molecule has 1 aromatic rings. The van der Waals surface area contributed by atoms with E-state index in [4.69, 9.17) is 9.47 Å². The van der Waals surface area contributed by atoms with E-state index in [2.05, 4.69) is 5.32 Å². The van der Waals surface area contributed by atoms with Crippen molar-refractivity contribution in [1.82, 2.24) is 10.2 Å². The number of rotatable bonds is 5. The average molecular weight is 362 g/mol. The molecule has 2 rings (SSSR count). The minimum absolute atomic E-state index is 0.195. The Morgan fingerprint density at radius 2 is 1.92 bits per heavy atom. The van der Waals surface area contributed by atoms with Gasteiger partial charge in [0.15, 0.2) is 0 Å². The van der Waals surface area contributed by atoms with Gasteiger partial charge in [0, 0.05) is 19.5 Å². The topological polar surface area (TPSA) is 84.9 Å². The van der Waals surface area contributed by atoms with Crippen LogP contribution in [0, 0.1) is 0 Å². The van der Waals surface area contributed by atoms with Gasteiger partial charge in [-0.1, -0.05) is 30.3 Å². The highest BCUT2D eigenvalue weighted by atomic mass is 16.6. The molecular formula is C19H26N2O5. The van der Waals surface area contributed by atoms with Crippen LogP contribution in [0.5, 0.6) is 0 Å². The molecule has 0 aromatic heterocycles. The largest absolute Gasteiger partial charge is 0.465 e. The Hall–Kier alpha value is -2.57. The lowest BCUT2D eigenvalue weighted by molar-refractivity contribution is -0.148. The maximum atomic E-state index is 12.3. The summed E-state index contributed by atoms with van der Waals surface area (Å²) in [5, 5.41) is 2.67. The second kappa shape index (κ2) is 8.69. The summed E-state index contributed by atoms with van der Waals surface area (Å²) >= 11 is 0. The van der Waals surface area contributed by atoms with Crippen molar-refractivity contribution in [3.63, 3.8) is 0 Å². The molecular weight excluding hydrogens is 336 g/mol. The first-order chi connectivity index (χ1) is 12.3. The highest BCUT2D eigenvalue weighted by Crippen LogP contribution is 2.16. The molecule has 0 aliphatic carbocycles. The molecule has 0 unspecified atom stereocenters. The number of piperazine rings is 1. The molecule has 0 radical (unpaired) electrons. The summed E-state index contributed by atoms with van der Waals surface area (Å²) in [6.45, 7) is 6.11. The van der Waals surface area contributed by atoms with Crippen molar-refractivity contribution in [2.45, 2.75) is 45.3 Å². The zero-order valence-corrected chi connectivity index (χ0v) is 15.5. The lowest BCUT2D eigenvalue weighted by Crippen LogP contribution is -2.58. The number of amides is 2. The zero-order valence-electron chi connectivity index (χ0n) is 15.5. The third-order valence-corrected chi connectivity index (χ3v) is 3.82. The summed E-state index contributed by atoms with van der Waals surface area (Å²) in [5.74, 6) is -0.890. The van der Waals surface area contributed by atoms with E-state index in [1.54, 1.807) is 20.8 Å². The monoisotopic (exact) mass is 362 g/mol. The van der Waals surface area contributed by atoms with Crippen LogP contribution in [0.2, 0.25) is 0 Å². The van der Waals surface area contributed by atoms with Gasteiger partial charge in [-0.05, 0) is 26.3 Å². The van der Waals surface area contributed by atoms with Crippen LogP contribution in [-0.2, 0) is 25.5 Å². The third-order valence-electron chi connectivity index (χ3n) is 3.82. The van der Waals surface area contributed by atoms with E-state index in [9.17, 15) is 14.4 Å². The van der Waals surface area contributed by atoms with E-state index >= 15 is 0 Å². The van der Waals surface area contributed by atoms with Crippen LogP contribution < -0.4 is 5.32 Å². The number of nitrogens with zero attached hydrogens (tertiary/aromatic N) is 1. The molecule has 26 heavy (non-hydrogen) atoms. The molecule has 1 N–H and O–H groups in total. The standard InChI is InChI=1S/C19H26N2O5/c1-19(2,3)26-18(24)21-11-10-20-17(23)15(21)13-16(22)25-12-9-14-7-5-4-6-8-14/h4-8,15H,9-13H2,1-3H3,(H,20,23)/t15-/m0/s1. The molecule has 1 fully saturated rings. The maximum Gasteiger partial charge on any atom is 0.411 e. The second-order valence-corrected chi connectivity index (χ2v) is 7.14. The lowest BCUT2D eigenvalue weighted by atomic mass is 10.1. The Morgan fingerprint density at radius 3 is 2.58 bits per heavy atom. The fourth-order valence-corrected chi connectivity index (χ4v) is 2.60. The number of benzene rings is 1. The van der Waals surface area contributed by atoms with Crippen molar-refractivity contribution < 1.29 is 23.9 Å². The van der Waals surface area contributed by atoms with Crippen LogP contribution in [-0.4, -0.2) is 54.2 Å². The van der Waals surface area contributed by atoms with Gasteiger partial charge in [0.25, 0.3) is 0 Å². The maximum absolute atomic E-state index is 12.3. The quantitative estimate of drug-likeness (QED) is 0.809. The van der Waals surface area contributed by atoms with Crippen LogP contribution in [0.3, 0.4) is 0 Å². The molecule has 7 nitrogen and oxygen atoms in total. The van der Waals surface area contributed by atoms with Gasteiger partial charge < -0.3 is 14.8 Å². The first kappa shape index (κ1) is 19.8. The number of carbonyl (C=O) groups is 3. The number of carbonyl (C=O) groups excluding carboxylic acids is 3. The Kier molecular flexibility index (Phi) is 6.60. The fourth-order valence-electron chi connectivity index (χ4n) is 2.60. The molecule has 0 saturated carbocycles. The number of nitrogens with one attached hydrogen (secondary N) is 1. The van der Waals surface area contributed by atoms with Gasteiger partial charge in [-0.25, -0.2) is 4.79 Å². The number of esters is 1. The molecule has 1 atom stereocenters. The second-order valence-electron chi connectivity index (χ2n) is 7.14. The van der Waals surface area contributed by atoms with Crippen molar-refractivity contribution in [3.8, 4) is 0 Å². The highest BCUT2D eigenvalue weighted by molar-refractivity contribution is 5.90. The van der Waals surface area contributed by atoms with Gasteiger partial charge in [0.05, 0.1) is 13.0 Å². The van der Waals surface area contributed by atoms with Crippen LogP contribution >= 0.6 is 0 Å². The summed E-state index contributed by atoms with van der Waals surface area (Å²) in [4.78, 5) is 37.9. The highest BCUT2D eigenvalue weighted by Gasteiger charge is 2.37. The molecule has 1 aliphatic heterocycles. The van der Waals surface area contributed by atoms with Crippen molar-refractivity contribution in [3.05, 3.63) is 35.9 Å². The number of ether oxygens (including phenoxy) is 2. The van der Waals surface area contributed by atoms with Crippen LogP contribution in [0.15, 0.2) is 30.3 Å². The predicted octanol–water partition coefficient (Wildman–Crippen LogP) is 1.90. The molecule has 1 saturated heterocycles. The van der Waals surface area contributed by atoms with Gasteiger partial charge in [0.1, 0.15) is 11.6 Å². The molecule has 0 bridgehead atoms. The van der Waals surface area contributed by atoms with Gasteiger partial charge in [-0.15, -0.1) is 0 Å². The predicted molar refractivity (Wildman–Crippen MR) is 95.5 cm³/mol. The Morgan fingerprint density at radius 1 is 1.23 bits per heavy atom. The molecule has 142 valence electrons. The normalized spacial score (nSPS) is 17.4. The number of hydrogen-bond acceptors (Lipinski definition) is 5. The minimum atomic E-state index is -0.914. The van der Waals surface area contributed by atoms with Crippen molar-refractivity contribution in [2.24, 2.45) is 0 Å². The summed E-state index contributed by atoms with van der Waals surface area (Å²) < 4.78 is 10.6. The summed E-state index contributed by atoms with van der Waals surface area (Å²) in [6, 6.07) is 8.74. The minimum Gasteiger partial charge on any atom is -0.465 e. The van der Waals surface area contributed by atoms with Gasteiger partial charge in [-0.3, -0.25) is 14.5 Å². The Labute approximate surface area is 153 Å². The van der Waals surface area contributed by atoms with Crippen LogP contribution in [0.4, 0.5) is 4.79 Å². The van der Waals surface area contributed by atoms with E-state index in [1.807, 2.05) is 30.3 Å². The molecule has 1 aliphatic rings. The van der Waals surface area contributed by atoms with Gasteiger partial charge >= 0.3 is 12.1 Å². The van der Waals surface area contributed by atoms with E-state index in [0.29, 0.717) is 19.5 Å². The SMILES string of the molecule is CC(C)(C)OC(=O)N1CCNC(=O)[C@@H]1CC(=O)OCCc1ccccc1. The Bertz CT molecular complexity index is 639. The summed E-state index contributed by atoms with van der Waals surface area (Å²) in [7, 11) is 0. The van der Waals surface area contributed by atoms with E-state index in [0.717, 1.165) is 5.56 Å². The van der Waals surface area contributed by atoms with Crippen molar-refractivity contribution in [2.75, 3.05) is 19.7 Å². The Balaban J connectivity index is 1.89. The third kappa shape index (κ3) is 6.06. The van der Waals surface area contributed by atoms with Crippen molar-refractivity contribution >= 4 is 18.0 Å². The van der Waals surface area contributed by atoms with Crippen LogP contribution in [0.25, 0.3) is 0 Å². The first-order valence-corrected chi connectivity index (χ1v) is 8.73. The van der Waals surface area contributed by atoms with E-state index in [1.165, 1.54) is 4.90 Å². The van der Waals surface area contributed by atoms with Crippen LogP contribution in [0.1, 0.15) is 32.8 Å². The van der Waals surface area contributed by atoms with Crippen molar-refractivity contribution in [1.29, 1.82) is 0 Å². The molecule has 1 aromatic carbocycles. The zero-order chi connectivity index (χ0) is 19.2. The van der Waals surface area contributed by atoms with Gasteiger partial charge in [0.2, 0.25) is 5.91 Å². The molecule has 0 spiro atoms. The fraction of sp³-hybridized carbons (Fsp3) is 0.526. The molecule has 7 heteroatoms. The lowest BCUT2D eigenvalue weighted by Gasteiger charge is -2.35. The first-order valence-electron chi connectivity index (χ1n) is 8.73. The van der Waals surface area contributed by atoms with E-state index in [-0.39, 0.29) is 18.9 Å². The van der Waals surface area contributed by atoms with Gasteiger partial charge in [-0.2, -0.15) is 0 Å². The van der Waals surface area contributed by atoms with E-state index < -0.39 is 23.7 Å². The molecule has 2 amide bonds. The molecule has 1 heterocycles. The average Bonchev–Trinajstić information content (AvgIpc) is 2.56. The smallest absolute Gasteiger partial charge is 0.411 e. The summed E-state index contributed by atoms with van der Waals surface area (Å²) in [6.07, 6.45) is -0.201. The summed E-state index contributed by atoms with van der Waals surface area (Å²) in [5.41, 5.74) is 0.386.